The van der Waals surface area contributed by atoms with Crippen LogP contribution in [0.2, 0.25) is 0 Å². The third-order valence-corrected chi connectivity index (χ3v) is 3.77. The van der Waals surface area contributed by atoms with Crippen LogP contribution in [0, 0.1) is 0 Å². The quantitative estimate of drug-likeness (QED) is 0.793. The molecule has 0 aliphatic carbocycles. The fraction of sp³-hybridized carbons (Fsp3) is 0.417. The number of aromatic nitrogens is 1. The Morgan fingerprint density at radius 2 is 2.11 bits per heavy atom. The first-order valence-electron chi connectivity index (χ1n) is 5.68. The van der Waals surface area contributed by atoms with Crippen LogP contribution in [-0.4, -0.2) is 10.7 Å². The minimum atomic E-state index is -4.39. The van der Waals surface area contributed by atoms with E-state index in [1.807, 2.05) is 6.92 Å². The average molecular weight is 338 g/mol. The average Bonchev–Trinajstić information content (AvgIpc) is 2.63. The molecule has 1 unspecified atom stereocenters. The van der Waals surface area contributed by atoms with Gasteiger partial charge < -0.3 is 4.42 Å². The lowest BCUT2D eigenvalue weighted by Gasteiger charge is -2.13. The van der Waals surface area contributed by atoms with Crippen molar-refractivity contribution >= 4 is 27.0 Å². The molecule has 0 amide bonds. The normalized spacial score (nSPS) is 13.9. The van der Waals surface area contributed by atoms with Crippen molar-refractivity contribution in [1.29, 1.82) is 0 Å². The lowest BCUT2D eigenvalue weighted by molar-refractivity contribution is -0.128. The smallest absolute Gasteiger partial charge is 0.408 e. The van der Waals surface area contributed by atoms with E-state index in [0.29, 0.717) is 12.1 Å². The summed E-state index contributed by atoms with van der Waals surface area (Å²) in [5.74, 6) is -0.549. The number of nitrogens with zero attached hydrogens (tertiary/aromatic N) is 1. The molecule has 3 nitrogen and oxygen atoms in total. The molecule has 104 valence electrons. The van der Waals surface area contributed by atoms with E-state index in [-0.39, 0.29) is 11.1 Å². The maximum absolute atomic E-state index is 12.6. The molecule has 1 heterocycles. The SMILES string of the molecule is CCCn1c(=O)oc2cc(C(Br)C(F)(F)F)ccc21. The van der Waals surface area contributed by atoms with E-state index in [1.165, 1.54) is 22.8 Å². The van der Waals surface area contributed by atoms with Crippen LogP contribution in [0.5, 0.6) is 0 Å². The minimum Gasteiger partial charge on any atom is -0.408 e. The molecule has 0 aliphatic rings. The molecule has 0 saturated carbocycles. The lowest BCUT2D eigenvalue weighted by atomic mass is 10.1. The summed E-state index contributed by atoms with van der Waals surface area (Å²) in [6, 6.07) is 4.07. The fourth-order valence-corrected chi connectivity index (χ4v) is 2.15. The lowest BCUT2D eigenvalue weighted by Crippen LogP contribution is -2.15. The summed E-state index contributed by atoms with van der Waals surface area (Å²) in [5, 5.41) is 0. The first-order chi connectivity index (χ1) is 8.84. The van der Waals surface area contributed by atoms with Gasteiger partial charge in [0.05, 0.1) is 5.52 Å². The van der Waals surface area contributed by atoms with Crippen molar-refractivity contribution in [2.24, 2.45) is 0 Å². The monoisotopic (exact) mass is 337 g/mol. The number of oxazole rings is 1. The summed E-state index contributed by atoms with van der Waals surface area (Å²) < 4.78 is 44.2. The Morgan fingerprint density at radius 3 is 2.68 bits per heavy atom. The Labute approximate surface area is 115 Å². The molecule has 0 aliphatic heterocycles. The van der Waals surface area contributed by atoms with Crippen LogP contribution < -0.4 is 5.76 Å². The van der Waals surface area contributed by atoms with Gasteiger partial charge in [-0.05, 0) is 24.1 Å². The molecule has 1 aromatic heterocycles. The van der Waals surface area contributed by atoms with Gasteiger partial charge >= 0.3 is 11.9 Å². The van der Waals surface area contributed by atoms with Crippen molar-refractivity contribution in [3.63, 3.8) is 0 Å². The summed E-state index contributed by atoms with van der Waals surface area (Å²) in [6.07, 6.45) is -3.65. The van der Waals surface area contributed by atoms with Crippen LogP contribution in [0.3, 0.4) is 0 Å². The first-order valence-corrected chi connectivity index (χ1v) is 6.60. The Bertz CT molecular complexity index is 644. The second kappa shape index (κ2) is 5.03. The molecule has 2 rings (SSSR count). The molecule has 7 heteroatoms. The van der Waals surface area contributed by atoms with Gasteiger partial charge in [0, 0.05) is 6.54 Å². The molecule has 0 spiro atoms. The highest BCUT2D eigenvalue weighted by atomic mass is 79.9. The topological polar surface area (TPSA) is 35.1 Å². The molecule has 0 saturated heterocycles. The molecular weight excluding hydrogens is 327 g/mol. The van der Waals surface area contributed by atoms with Gasteiger partial charge in [-0.3, -0.25) is 4.57 Å². The molecule has 0 N–H and O–H groups in total. The molecule has 19 heavy (non-hydrogen) atoms. The van der Waals surface area contributed by atoms with E-state index in [9.17, 15) is 18.0 Å². The van der Waals surface area contributed by atoms with Gasteiger partial charge in [-0.1, -0.05) is 28.9 Å². The van der Waals surface area contributed by atoms with Crippen LogP contribution in [0.15, 0.2) is 27.4 Å². The molecule has 0 fully saturated rings. The van der Waals surface area contributed by atoms with Crippen LogP contribution in [0.1, 0.15) is 23.7 Å². The molecule has 2 aromatic rings. The summed E-state index contributed by atoms with van der Waals surface area (Å²) in [6.45, 7) is 2.38. The Hall–Kier alpha value is -1.24. The van der Waals surface area contributed by atoms with Gasteiger partial charge in [0.2, 0.25) is 0 Å². The number of hydrogen-bond acceptors (Lipinski definition) is 2. The highest BCUT2D eigenvalue weighted by Crippen LogP contribution is 2.40. The van der Waals surface area contributed by atoms with E-state index >= 15 is 0 Å². The van der Waals surface area contributed by atoms with Gasteiger partial charge in [0.25, 0.3) is 0 Å². The van der Waals surface area contributed by atoms with Crippen LogP contribution in [-0.2, 0) is 6.54 Å². The van der Waals surface area contributed by atoms with Crippen molar-refractivity contribution in [3.05, 3.63) is 34.3 Å². The Morgan fingerprint density at radius 1 is 1.42 bits per heavy atom. The third kappa shape index (κ3) is 2.70. The first kappa shape index (κ1) is 14.2. The fourth-order valence-electron chi connectivity index (χ4n) is 1.86. The van der Waals surface area contributed by atoms with E-state index < -0.39 is 16.8 Å². The number of rotatable bonds is 3. The number of hydrogen-bond donors (Lipinski definition) is 0. The van der Waals surface area contributed by atoms with Crippen molar-refractivity contribution in [2.75, 3.05) is 0 Å². The van der Waals surface area contributed by atoms with Crippen molar-refractivity contribution < 1.29 is 17.6 Å². The highest BCUT2D eigenvalue weighted by Gasteiger charge is 2.39. The summed E-state index contributed by atoms with van der Waals surface area (Å²) in [7, 11) is 0. The molecule has 1 aromatic carbocycles. The number of aryl methyl sites for hydroxylation is 1. The maximum atomic E-state index is 12.6. The Balaban J connectivity index is 2.51. The zero-order valence-corrected chi connectivity index (χ0v) is 11.6. The molecular formula is C12H11BrF3NO2. The van der Waals surface area contributed by atoms with Gasteiger partial charge in [-0.15, -0.1) is 0 Å². The second-order valence-electron chi connectivity index (χ2n) is 4.15. The third-order valence-electron chi connectivity index (χ3n) is 2.72. The van der Waals surface area contributed by atoms with Crippen LogP contribution in [0.25, 0.3) is 11.1 Å². The number of halogens is 4. The van der Waals surface area contributed by atoms with Crippen LogP contribution in [0.4, 0.5) is 13.2 Å². The van der Waals surface area contributed by atoms with Gasteiger partial charge in [0.15, 0.2) is 5.58 Å². The number of alkyl halides is 4. The van der Waals surface area contributed by atoms with E-state index in [2.05, 4.69) is 15.9 Å². The number of fused-ring (bicyclic) bond motifs is 1. The molecule has 0 bridgehead atoms. The van der Waals surface area contributed by atoms with Crippen molar-refractivity contribution in [2.45, 2.75) is 30.9 Å². The zero-order chi connectivity index (χ0) is 14.2. The zero-order valence-electron chi connectivity index (χ0n) is 10.00. The molecule has 1 atom stereocenters. The summed E-state index contributed by atoms with van der Waals surface area (Å²) >= 11 is 2.60. The maximum Gasteiger partial charge on any atom is 0.419 e. The molecule has 0 radical (unpaired) electrons. The second-order valence-corrected chi connectivity index (χ2v) is 5.07. The predicted molar refractivity (Wildman–Crippen MR) is 68.5 cm³/mol. The number of benzene rings is 1. The van der Waals surface area contributed by atoms with Gasteiger partial charge in [-0.25, -0.2) is 4.79 Å². The van der Waals surface area contributed by atoms with Gasteiger partial charge in [-0.2, -0.15) is 13.2 Å². The van der Waals surface area contributed by atoms with Gasteiger partial charge in [0.1, 0.15) is 4.83 Å². The van der Waals surface area contributed by atoms with Crippen LogP contribution >= 0.6 is 15.9 Å². The van der Waals surface area contributed by atoms with Crippen molar-refractivity contribution in [3.8, 4) is 0 Å². The van der Waals surface area contributed by atoms with E-state index in [1.54, 1.807) is 0 Å². The van der Waals surface area contributed by atoms with E-state index in [4.69, 9.17) is 4.42 Å². The Kier molecular flexibility index (Phi) is 3.75. The predicted octanol–water partition coefficient (Wildman–Crippen LogP) is 4.00. The standard InChI is InChI=1S/C12H11BrF3NO2/c1-2-5-17-8-4-3-7(10(13)12(14,15)16)6-9(8)19-11(17)18/h3-4,6,10H,2,5H2,1H3. The minimum absolute atomic E-state index is 0.0115. The van der Waals surface area contributed by atoms with E-state index in [0.717, 1.165) is 6.42 Å². The largest absolute Gasteiger partial charge is 0.419 e. The summed E-state index contributed by atoms with van der Waals surface area (Å²) in [5.41, 5.74) is 0.694. The summed E-state index contributed by atoms with van der Waals surface area (Å²) in [4.78, 5) is 9.80. The van der Waals surface area contributed by atoms with Crippen molar-refractivity contribution in [1.82, 2.24) is 4.57 Å². The highest BCUT2D eigenvalue weighted by molar-refractivity contribution is 9.09.